The minimum atomic E-state index is -0.993. The number of carboxylic acids is 1. The van der Waals surface area contributed by atoms with Crippen LogP contribution in [0.15, 0.2) is 4.47 Å². The number of nitrogens with zero attached hydrogens (tertiary/aromatic N) is 2. The van der Waals surface area contributed by atoms with E-state index in [2.05, 4.69) is 21.0 Å². The molecular formula is C9H11BrN2O3. The molecule has 1 aromatic rings. The fourth-order valence-corrected chi connectivity index (χ4v) is 2.25. The van der Waals surface area contributed by atoms with Crippen molar-refractivity contribution in [3.8, 4) is 5.88 Å². The molecule has 0 atom stereocenters. The average Bonchev–Trinajstić information content (AvgIpc) is 2.54. The van der Waals surface area contributed by atoms with Crippen molar-refractivity contribution in [1.29, 1.82) is 0 Å². The van der Waals surface area contributed by atoms with Crippen LogP contribution in [0, 0.1) is 0 Å². The van der Waals surface area contributed by atoms with Gasteiger partial charge in [0.05, 0.1) is 5.69 Å². The monoisotopic (exact) mass is 274 g/mol. The van der Waals surface area contributed by atoms with Crippen molar-refractivity contribution in [2.75, 3.05) is 6.61 Å². The van der Waals surface area contributed by atoms with Crippen LogP contribution in [-0.2, 0) is 17.8 Å². The van der Waals surface area contributed by atoms with Crippen molar-refractivity contribution in [2.24, 2.45) is 0 Å². The van der Waals surface area contributed by atoms with Crippen LogP contribution in [0.5, 0.6) is 5.88 Å². The van der Waals surface area contributed by atoms with Crippen LogP contribution in [0.4, 0.5) is 0 Å². The summed E-state index contributed by atoms with van der Waals surface area (Å²) in [5, 5.41) is 12.7. The summed E-state index contributed by atoms with van der Waals surface area (Å²) in [5.74, 6) is -0.609. The lowest BCUT2D eigenvalue weighted by Crippen LogP contribution is -2.11. The zero-order valence-electron chi connectivity index (χ0n) is 8.07. The molecule has 0 radical (unpaired) electrons. The van der Waals surface area contributed by atoms with E-state index in [0.717, 1.165) is 36.0 Å². The Morgan fingerprint density at radius 1 is 1.60 bits per heavy atom. The molecule has 6 heteroatoms. The van der Waals surface area contributed by atoms with Gasteiger partial charge in [-0.25, -0.2) is 4.79 Å². The first-order valence-corrected chi connectivity index (χ1v) is 5.57. The minimum absolute atomic E-state index is 0.352. The second kappa shape index (κ2) is 4.22. The molecule has 1 N–H and O–H groups in total. The van der Waals surface area contributed by atoms with Gasteiger partial charge in [-0.3, -0.25) is 4.68 Å². The molecule has 0 saturated heterocycles. The van der Waals surface area contributed by atoms with Gasteiger partial charge in [-0.15, -0.1) is 5.10 Å². The lowest BCUT2D eigenvalue weighted by molar-refractivity contribution is -0.139. The number of carboxylic acid groups (broad SMARTS) is 1. The van der Waals surface area contributed by atoms with Crippen LogP contribution < -0.4 is 4.74 Å². The van der Waals surface area contributed by atoms with E-state index >= 15 is 0 Å². The normalized spacial score (nSPS) is 14.7. The fraction of sp³-hybridized carbons (Fsp3) is 0.556. The standard InChI is InChI=1S/C9H11BrN2O3/c10-8-6-3-1-2-4-12(6)11-9(8)15-5-7(13)14/h1-5H2,(H,13,14). The highest BCUT2D eigenvalue weighted by molar-refractivity contribution is 9.10. The Labute approximate surface area is 95.2 Å². The molecule has 1 aromatic heterocycles. The minimum Gasteiger partial charge on any atom is -0.479 e. The quantitative estimate of drug-likeness (QED) is 0.906. The Morgan fingerprint density at radius 3 is 3.07 bits per heavy atom. The molecule has 15 heavy (non-hydrogen) atoms. The topological polar surface area (TPSA) is 64.3 Å². The summed E-state index contributed by atoms with van der Waals surface area (Å²) in [6, 6.07) is 0. The number of fused-ring (bicyclic) bond motifs is 1. The Morgan fingerprint density at radius 2 is 2.40 bits per heavy atom. The smallest absolute Gasteiger partial charge is 0.341 e. The van der Waals surface area contributed by atoms with Crippen LogP contribution in [0.3, 0.4) is 0 Å². The second-order valence-electron chi connectivity index (χ2n) is 3.43. The maximum atomic E-state index is 10.4. The molecule has 5 nitrogen and oxygen atoms in total. The molecule has 0 fully saturated rings. The van der Waals surface area contributed by atoms with E-state index < -0.39 is 5.97 Å². The van der Waals surface area contributed by atoms with E-state index in [1.54, 1.807) is 0 Å². The van der Waals surface area contributed by atoms with Crippen molar-refractivity contribution >= 4 is 21.9 Å². The number of hydrogen-bond acceptors (Lipinski definition) is 3. The number of halogens is 1. The summed E-state index contributed by atoms with van der Waals surface area (Å²) in [4.78, 5) is 10.4. The van der Waals surface area contributed by atoms with Crippen molar-refractivity contribution in [1.82, 2.24) is 9.78 Å². The van der Waals surface area contributed by atoms with Crippen LogP contribution in [0.1, 0.15) is 18.5 Å². The molecule has 0 aromatic carbocycles. The number of aromatic nitrogens is 2. The molecule has 0 unspecified atom stereocenters. The van der Waals surface area contributed by atoms with Gasteiger partial charge in [0.2, 0.25) is 5.88 Å². The second-order valence-corrected chi connectivity index (χ2v) is 4.22. The van der Waals surface area contributed by atoms with E-state index in [0.29, 0.717) is 5.88 Å². The first kappa shape index (κ1) is 10.5. The van der Waals surface area contributed by atoms with Crippen LogP contribution in [0.25, 0.3) is 0 Å². The zero-order chi connectivity index (χ0) is 10.8. The van der Waals surface area contributed by atoms with Gasteiger partial charge in [-0.05, 0) is 35.2 Å². The van der Waals surface area contributed by atoms with E-state index in [1.807, 2.05) is 4.68 Å². The molecule has 82 valence electrons. The van der Waals surface area contributed by atoms with Gasteiger partial charge in [-0.1, -0.05) is 0 Å². The largest absolute Gasteiger partial charge is 0.479 e. The molecular weight excluding hydrogens is 264 g/mol. The summed E-state index contributed by atoms with van der Waals surface area (Å²) < 4.78 is 7.75. The molecule has 0 amide bonds. The van der Waals surface area contributed by atoms with Crippen molar-refractivity contribution in [3.63, 3.8) is 0 Å². The van der Waals surface area contributed by atoms with E-state index in [1.165, 1.54) is 0 Å². The molecule has 0 bridgehead atoms. The van der Waals surface area contributed by atoms with E-state index in [4.69, 9.17) is 9.84 Å². The maximum Gasteiger partial charge on any atom is 0.341 e. The molecule has 2 rings (SSSR count). The highest BCUT2D eigenvalue weighted by atomic mass is 79.9. The summed E-state index contributed by atoms with van der Waals surface area (Å²) >= 11 is 3.39. The Balaban J connectivity index is 2.18. The van der Waals surface area contributed by atoms with Gasteiger partial charge in [0, 0.05) is 6.54 Å². The summed E-state index contributed by atoms with van der Waals surface area (Å²) in [7, 11) is 0. The van der Waals surface area contributed by atoms with Gasteiger partial charge in [0.15, 0.2) is 6.61 Å². The maximum absolute atomic E-state index is 10.4. The Bertz CT molecular complexity index is 389. The molecule has 0 spiro atoms. The number of ether oxygens (including phenoxy) is 1. The van der Waals surface area contributed by atoms with E-state index in [-0.39, 0.29) is 6.61 Å². The van der Waals surface area contributed by atoms with Crippen molar-refractivity contribution in [2.45, 2.75) is 25.8 Å². The average molecular weight is 275 g/mol. The first-order chi connectivity index (χ1) is 7.18. The fourth-order valence-electron chi connectivity index (χ4n) is 1.65. The zero-order valence-corrected chi connectivity index (χ0v) is 9.66. The molecule has 0 saturated carbocycles. The van der Waals surface area contributed by atoms with Gasteiger partial charge >= 0.3 is 5.97 Å². The number of carbonyl (C=O) groups is 1. The third-order valence-electron chi connectivity index (χ3n) is 2.33. The number of aryl methyl sites for hydroxylation is 1. The summed E-state index contributed by atoms with van der Waals surface area (Å²) in [6.45, 7) is 0.527. The number of rotatable bonds is 3. The summed E-state index contributed by atoms with van der Waals surface area (Å²) in [6.07, 6.45) is 3.21. The predicted molar refractivity (Wildman–Crippen MR) is 56.0 cm³/mol. The van der Waals surface area contributed by atoms with Gasteiger partial charge in [0.25, 0.3) is 0 Å². The lowest BCUT2D eigenvalue weighted by atomic mass is 10.1. The Kier molecular flexibility index (Phi) is 2.95. The Hall–Kier alpha value is -1.04. The third kappa shape index (κ3) is 2.14. The van der Waals surface area contributed by atoms with E-state index in [9.17, 15) is 4.79 Å². The summed E-state index contributed by atoms with van der Waals surface area (Å²) in [5.41, 5.74) is 1.10. The lowest BCUT2D eigenvalue weighted by Gasteiger charge is -2.12. The molecule has 1 aliphatic rings. The van der Waals surface area contributed by atoms with Crippen LogP contribution >= 0.6 is 15.9 Å². The molecule has 2 heterocycles. The highest BCUT2D eigenvalue weighted by Gasteiger charge is 2.19. The predicted octanol–water partition coefficient (Wildman–Crippen LogP) is 1.45. The van der Waals surface area contributed by atoms with Crippen molar-refractivity contribution < 1.29 is 14.6 Å². The SMILES string of the molecule is O=C(O)COc1nn2c(c1Br)CCCC2. The number of aliphatic carboxylic acids is 1. The van der Waals surface area contributed by atoms with Crippen LogP contribution in [0.2, 0.25) is 0 Å². The molecule has 1 aliphatic heterocycles. The number of hydrogen-bond donors (Lipinski definition) is 1. The molecule has 0 aliphatic carbocycles. The van der Waals surface area contributed by atoms with Gasteiger partial charge in [0.1, 0.15) is 4.47 Å². The highest BCUT2D eigenvalue weighted by Crippen LogP contribution is 2.31. The first-order valence-electron chi connectivity index (χ1n) is 4.78. The van der Waals surface area contributed by atoms with Gasteiger partial charge in [-0.2, -0.15) is 0 Å². The van der Waals surface area contributed by atoms with Gasteiger partial charge < -0.3 is 9.84 Å². The third-order valence-corrected chi connectivity index (χ3v) is 3.13. The van der Waals surface area contributed by atoms with Crippen LogP contribution in [-0.4, -0.2) is 27.5 Å². The van der Waals surface area contributed by atoms with Crippen molar-refractivity contribution in [3.05, 3.63) is 10.2 Å².